The molecule has 0 fully saturated rings. The third kappa shape index (κ3) is 6.14. The number of anilines is 2. The van der Waals surface area contributed by atoms with E-state index in [4.69, 9.17) is 4.74 Å². The first-order valence-corrected chi connectivity index (χ1v) is 12.2. The highest BCUT2D eigenvalue weighted by molar-refractivity contribution is 7.92. The van der Waals surface area contributed by atoms with E-state index >= 15 is 0 Å². The molecule has 1 amide bonds. The number of hydrogen-bond acceptors (Lipinski definition) is 4. The minimum absolute atomic E-state index is 0.00382. The van der Waals surface area contributed by atoms with E-state index in [-0.39, 0.29) is 17.5 Å². The summed E-state index contributed by atoms with van der Waals surface area (Å²) < 4.78 is 33.9. The van der Waals surface area contributed by atoms with Crippen molar-refractivity contribution in [1.29, 1.82) is 0 Å². The topological polar surface area (TPSA) is 75.7 Å². The van der Waals surface area contributed by atoms with Gasteiger partial charge in [-0.2, -0.15) is 0 Å². The maximum absolute atomic E-state index is 13.5. The molecule has 0 aromatic heterocycles. The molecule has 0 bridgehead atoms. The van der Waals surface area contributed by atoms with E-state index in [2.05, 4.69) is 5.32 Å². The molecule has 0 saturated heterocycles. The summed E-state index contributed by atoms with van der Waals surface area (Å²) in [4.78, 5) is 13.1. The highest BCUT2D eigenvalue weighted by Gasteiger charge is 2.27. The van der Waals surface area contributed by atoms with Crippen molar-refractivity contribution < 1.29 is 17.9 Å². The number of carbonyl (C=O) groups excluding carboxylic acids is 1. The van der Waals surface area contributed by atoms with Crippen LogP contribution in [0.1, 0.15) is 30.5 Å². The van der Waals surface area contributed by atoms with E-state index in [9.17, 15) is 13.2 Å². The molecule has 7 heteroatoms. The summed E-state index contributed by atoms with van der Waals surface area (Å²) in [6.45, 7) is 9.23. The average molecular weight is 467 g/mol. The Hall–Kier alpha value is -3.32. The molecule has 3 rings (SSSR count). The summed E-state index contributed by atoms with van der Waals surface area (Å²) in [5.41, 5.74) is 3.90. The van der Waals surface area contributed by atoms with Crippen LogP contribution in [0, 0.1) is 20.8 Å². The van der Waals surface area contributed by atoms with Gasteiger partial charge in [-0.3, -0.25) is 9.10 Å². The average Bonchev–Trinajstić information content (AvgIpc) is 2.74. The van der Waals surface area contributed by atoms with E-state index in [0.29, 0.717) is 17.1 Å². The Morgan fingerprint density at radius 3 is 2.27 bits per heavy atom. The third-order valence-electron chi connectivity index (χ3n) is 5.16. The number of carbonyl (C=O) groups is 1. The van der Waals surface area contributed by atoms with Crippen molar-refractivity contribution in [2.75, 3.05) is 16.2 Å². The molecule has 0 aliphatic heterocycles. The Morgan fingerprint density at radius 2 is 1.64 bits per heavy atom. The van der Waals surface area contributed by atoms with E-state index in [0.717, 1.165) is 21.0 Å². The minimum Gasteiger partial charge on any atom is -0.491 e. The molecule has 1 N–H and O–H groups in total. The first kappa shape index (κ1) is 24.3. The zero-order valence-corrected chi connectivity index (χ0v) is 20.4. The van der Waals surface area contributed by atoms with Crippen LogP contribution >= 0.6 is 0 Å². The molecule has 3 aromatic rings. The maximum Gasteiger partial charge on any atom is 0.264 e. The normalized spacial score (nSPS) is 11.3. The summed E-state index contributed by atoms with van der Waals surface area (Å²) >= 11 is 0. The van der Waals surface area contributed by atoms with Crippen molar-refractivity contribution in [2.24, 2.45) is 0 Å². The van der Waals surface area contributed by atoms with Gasteiger partial charge < -0.3 is 10.1 Å². The number of nitrogens with zero attached hydrogens (tertiary/aromatic N) is 1. The lowest BCUT2D eigenvalue weighted by Gasteiger charge is -2.25. The number of nitrogens with one attached hydrogen (secondary N) is 1. The van der Waals surface area contributed by atoms with Gasteiger partial charge in [0.25, 0.3) is 10.0 Å². The van der Waals surface area contributed by atoms with Crippen molar-refractivity contribution >= 4 is 27.3 Å². The summed E-state index contributed by atoms with van der Waals surface area (Å²) in [7, 11) is -3.96. The zero-order chi connectivity index (χ0) is 24.2. The van der Waals surface area contributed by atoms with Gasteiger partial charge in [0.2, 0.25) is 5.91 Å². The van der Waals surface area contributed by atoms with Gasteiger partial charge in [-0.05, 0) is 82.1 Å². The van der Waals surface area contributed by atoms with Crippen molar-refractivity contribution in [3.05, 3.63) is 83.4 Å². The Bertz CT molecular complexity index is 1240. The van der Waals surface area contributed by atoms with Crippen LogP contribution in [0.2, 0.25) is 0 Å². The highest BCUT2D eigenvalue weighted by Crippen LogP contribution is 2.26. The van der Waals surface area contributed by atoms with Crippen molar-refractivity contribution in [3.8, 4) is 5.75 Å². The molecule has 174 valence electrons. The molecular formula is C26H30N2O4S. The van der Waals surface area contributed by atoms with Crippen LogP contribution in [0.15, 0.2) is 71.6 Å². The van der Waals surface area contributed by atoms with Gasteiger partial charge in [0, 0.05) is 11.8 Å². The van der Waals surface area contributed by atoms with E-state index in [1.165, 1.54) is 0 Å². The summed E-state index contributed by atoms with van der Waals surface area (Å²) in [6, 6.07) is 19.0. The number of sulfonamides is 1. The van der Waals surface area contributed by atoms with E-state index in [1.807, 2.05) is 40.7 Å². The lowest BCUT2D eigenvalue weighted by molar-refractivity contribution is -0.114. The molecule has 0 spiro atoms. The second-order valence-corrected chi connectivity index (χ2v) is 10.2. The van der Waals surface area contributed by atoms with Crippen molar-refractivity contribution in [2.45, 2.75) is 45.6 Å². The Morgan fingerprint density at radius 1 is 0.939 bits per heavy atom. The Balaban J connectivity index is 1.92. The molecule has 6 nitrogen and oxygen atoms in total. The molecule has 0 saturated carbocycles. The molecule has 33 heavy (non-hydrogen) atoms. The van der Waals surface area contributed by atoms with Gasteiger partial charge in [-0.15, -0.1) is 0 Å². The fraction of sp³-hybridized carbons (Fsp3) is 0.269. The number of benzene rings is 3. The van der Waals surface area contributed by atoms with Crippen LogP contribution in [0.3, 0.4) is 0 Å². The largest absolute Gasteiger partial charge is 0.491 e. The first-order chi connectivity index (χ1) is 15.6. The summed E-state index contributed by atoms with van der Waals surface area (Å²) in [5, 5.41) is 2.79. The van der Waals surface area contributed by atoms with Crippen molar-refractivity contribution in [1.82, 2.24) is 0 Å². The van der Waals surface area contributed by atoms with Crippen LogP contribution < -0.4 is 14.4 Å². The molecule has 0 unspecified atom stereocenters. The second kappa shape index (κ2) is 10.1. The van der Waals surface area contributed by atoms with Gasteiger partial charge in [0.1, 0.15) is 12.3 Å². The van der Waals surface area contributed by atoms with Gasteiger partial charge in [0.05, 0.1) is 16.7 Å². The standard InChI is InChI=1S/C26H30N2O4S/c1-18(2)32-24-8-6-7-22(16-24)27-26(29)17-28(23-12-11-20(4)21(5)15-23)33(30,31)25-13-9-19(3)10-14-25/h6-16,18H,17H2,1-5H3,(H,27,29). The highest BCUT2D eigenvalue weighted by atomic mass is 32.2. The first-order valence-electron chi connectivity index (χ1n) is 10.8. The summed E-state index contributed by atoms with van der Waals surface area (Å²) in [6.07, 6.45) is -0.00382. The lowest BCUT2D eigenvalue weighted by atomic mass is 10.1. The number of ether oxygens (including phenoxy) is 1. The minimum atomic E-state index is -3.96. The lowest BCUT2D eigenvalue weighted by Crippen LogP contribution is -2.38. The number of amides is 1. The van der Waals surface area contributed by atoms with E-state index in [1.54, 1.807) is 60.7 Å². The van der Waals surface area contributed by atoms with Crippen LogP contribution in [-0.4, -0.2) is 27.0 Å². The van der Waals surface area contributed by atoms with Crippen LogP contribution in [-0.2, 0) is 14.8 Å². The fourth-order valence-electron chi connectivity index (χ4n) is 3.28. The molecule has 0 heterocycles. The Kier molecular flexibility index (Phi) is 7.43. The number of hydrogen-bond donors (Lipinski definition) is 1. The monoisotopic (exact) mass is 466 g/mol. The molecule has 0 atom stereocenters. The number of aryl methyl sites for hydroxylation is 3. The zero-order valence-electron chi connectivity index (χ0n) is 19.6. The molecule has 3 aromatic carbocycles. The van der Waals surface area contributed by atoms with E-state index < -0.39 is 15.9 Å². The maximum atomic E-state index is 13.5. The van der Waals surface area contributed by atoms with Crippen molar-refractivity contribution in [3.63, 3.8) is 0 Å². The summed E-state index contributed by atoms with van der Waals surface area (Å²) in [5.74, 6) is 0.173. The SMILES string of the molecule is Cc1ccc(S(=O)(=O)N(CC(=O)Nc2cccc(OC(C)C)c2)c2ccc(C)c(C)c2)cc1. The van der Waals surface area contributed by atoms with Crippen LogP contribution in [0.25, 0.3) is 0 Å². The van der Waals surface area contributed by atoms with Gasteiger partial charge in [-0.1, -0.05) is 29.8 Å². The van der Waals surface area contributed by atoms with Gasteiger partial charge in [0.15, 0.2) is 0 Å². The molecule has 0 aliphatic carbocycles. The number of rotatable bonds is 8. The molecule has 0 aliphatic rings. The fourth-order valence-corrected chi connectivity index (χ4v) is 4.70. The smallest absolute Gasteiger partial charge is 0.264 e. The van der Waals surface area contributed by atoms with Gasteiger partial charge >= 0.3 is 0 Å². The second-order valence-electron chi connectivity index (χ2n) is 8.34. The van der Waals surface area contributed by atoms with Crippen LogP contribution in [0.4, 0.5) is 11.4 Å². The predicted octanol–water partition coefficient (Wildman–Crippen LogP) is 5.23. The van der Waals surface area contributed by atoms with Gasteiger partial charge in [-0.25, -0.2) is 8.42 Å². The molecule has 0 radical (unpaired) electrons. The molecular weight excluding hydrogens is 436 g/mol. The quantitative estimate of drug-likeness (QED) is 0.493. The predicted molar refractivity (Wildman–Crippen MR) is 132 cm³/mol. The third-order valence-corrected chi connectivity index (χ3v) is 6.95. The Labute approximate surface area is 196 Å². The van der Waals surface area contributed by atoms with Crippen LogP contribution in [0.5, 0.6) is 5.75 Å².